The number of rotatable bonds is 4. The molecule has 1 heterocycles. The zero-order valence-electron chi connectivity index (χ0n) is 10.5. The zero-order valence-corrected chi connectivity index (χ0v) is 11.3. The lowest BCUT2D eigenvalue weighted by Gasteiger charge is -2.06. The summed E-state index contributed by atoms with van der Waals surface area (Å²) >= 11 is 1.55. The number of nitrogens with two attached hydrogens (primary N) is 1. The number of benzene rings is 1. The Kier molecular flexibility index (Phi) is 4.06. The van der Waals surface area contributed by atoms with Crippen LogP contribution >= 0.6 is 11.8 Å². The minimum absolute atomic E-state index is 0.0651. The van der Waals surface area contributed by atoms with Gasteiger partial charge in [-0.05, 0) is 36.8 Å². The van der Waals surface area contributed by atoms with Gasteiger partial charge >= 0.3 is 5.97 Å². The number of nitrogen functional groups attached to an aromatic ring is 1. The van der Waals surface area contributed by atoms with Crippen LogP contribution in [0.5, 0.6) is 0 Å². The lowest BCUT2D eigenvalue weighted by atomic mass is 10.2. The maximum Gasteiger partial charge on any atom is 0.354 e. The van der Waals surface area contributed by atoms with E-state index in [0.717, 1.165) is 21.8 Å². The molecule has 2 aromatic rings. The van der Waals surface area contributed by atoms with Crippen molar-refractivity contribution in [3.05, 3.63) is 53.3 Å². The van der Waals surface area contributed by atoms with Gasteiger partial charge in [0.15, 0.2) is 0 Å². The highest BCUT2D eigenvalue weighted by molar-refractivity contribution is 7.98. The average Bonchev–Trinajstić information content (AvgIpc) is 2.40. The third kappa shape index (κ3) is 3.48. The Morgan fingerprint density at radius 3 is 2.89 bits per heavy atom. The fourth-order valence-electron chi connectivity index (χ4n) is 1.60. The molecular weight excluding hydrogens is 260 g/mol. The summed E-state index contributed by atoms with van der Waals surface area (Å²) in [5, 5.41) is 8.89. The Morgan fingerprint density at radius 1 is 1.37 bits per heavy atom. The highest BCUT2D eigenvalue weighted by atomic mass is 32.2. The van der Waals surface area contributed by atoms with Gasteiger partial charge in [0.25, 0.3) is 0 Å². The number of carboxylic acid groups (broad SMARTS) is 1. The summed E-state index contributed by atoms with van der Waals surface area (Å²) in [5.74, 6) is -0.420. The molecular formula is C14H14N2O2S. The van der Waals surface area contributed by atoms with E-state index in [4.69, 9.17) is 10.8 Å². The summed E-state index contributed by atoms with van der Waals surface area (Å²) in [4.78, 5) is 15.9. The van der Waals surface area contributed by atoms with Gasteiger partial charge in [-0.3, -0.25) is 0 Å². The Morgan fingerprint density at radius 2 is 2.16 bits per heavy atom. The van der Waals surface area contributed by atoms with Crippen molar-refractivity contribution in [2.75, 3.05) is 5.73 Å². The quantitative estimate of drug-likeness (QED) is 0.662. The first-order valence-corrected chi connectivity index (χ1v) is 6.73. The lowest BCUT2D eigenvalue weighted by Crippen LogP contribution is -2.01. The van der Waals surface area contributed by atoms with E-state index in [1.165, 1.54) is 6.07 Å². The predicted molar refractivity (Wildman–Crippen MR) is 76.3 cm³/mol. The van der Waals surface area contributed by atoms with E-state index >= 15 is 0 Å². The monoisotopic (exact) mass is 274 g/mol. The molecule has 98 valence electrons. The molecule has 0 fully saturated rings. The number of carboxylic acids is 1. The maximum atomic E-state index is 10.8. The van der Waals surface area contributed by atoms with Crippen LogP contribution in [-0.2, 0) is 5.75 Å². The Labute approximate surface area is 115 Å². The molecule has 0 radical (unpaired) electrons. The number of aromatic nitrogens is 1. The zero-order chi connectivity index (χ0) is 13.8. The first kappa shape index (κ1) is 13.4. The summed E-state index contributed by atoms with van der Waals surface area (Å²) in [6.07, 6.45) is 0. The van der Waals surface area contributed by atoms with Gasteiger partial charge in [-0.1, -0.05) is 12.1 Å². The first-order chi connectivity index (χ1) is 9.06. The minimum atomic E-state index is -1.01. The van der Waals surface area contributed by atoms with E-state index in [9.17, 15) is 4.79 Å². The number of hydrogen-bond donors (Lipinski definition) is 2. The highest BCUT2D eigenvalue weighted by Crippen LogP contribution is 2.28. The maximum absolute atomic E-state index is 10.8. The summed E-state index contributed by atoms with van der Waals surface area (Å²) < 4.78 is 0. The van der Waals surface area contributed by atoms with E-state index < -0.39 is 5.97 Å². The van der Waals surface area contributed by atoms with Gasteiger partial charge in [0.05, 0.1) is 5.69 Å². The Balaban J connectivity index is 2.12. The minimum Gasteiger partial charge on any atom is -0.477 e. The van der Waals surface area contributed by atoms with Gasteiger partial charge in [-0.15, -0.1) is 11.8 Å². The van der Waals surface area contributed by atoms with Gasteiger partial charge in [0.1, 0.15) is 5.69 Å². The second-order valence-corrected chi connectivity index (χ2v) is 5.17. The van der Waals surface area contributed by atoms with Crippen molar-refractivity contribution in [3.8, 4) is 0 Å². The molecule has 3 N–H and O–H groups in total. The second-order valence-electron chi connectivity index (χ2n) is 4.15. The van der Waals surface area contributed by atoms with E-state index in [2.05, 4.69) is 4.98 Å². The average molecular weight is 274 g/mol. The normalized spacial score (nSPS) is 10.4. The molecule has 1 aromatic carbocycles. The van der Waals surface area contributed by atoms with Crippen LogP contribution in [0.25, 0.3) is 0 Å². The molecule has 2 rings (SSSR count). The standard InChI is InChI=1S/C14H14N2O2S/c1-9-5-6-11(15)13(7-9)19-8-10-3-2-4-12(16-10)14(17)18/h2-7H,8,15H2,1H3,(H,17,18). The van der Waals surface area contributed by atoms with Crippen molar-refractivity contribution in [1.82, 2.24) is 4.98 Å². The SMILES string of the molecule is Cc1ccc(N)c(SCc2cccc(C(=O)O)n2)c1. The van der Waals surface area contributed by atoms with Gasteiger partial charge in [0, 0.05) is 16.3 Å². The molecule has 0 unspecified atom stereocenters. The van der Waals surface area contributed by atoms with Crippen molar-refractivity contribution >= 4 is 23.4 Å². The smallest absolute Gasteiger partial charge is 0.354 e. The molecule has 0 bridgehead atoms. The molecule has 0 aliphatic carbocycles. The van der Waals surface area contributed by atoms with Gasteiger partial charge < -0.3 is 10.8 Å². The summed E-state index contributed by atoms with van der Waals surface area (Å²) in [6.45, 7) is 2.01. The van der Waals surface area contributed by atoms with Crippen molar-refractivity contribution in [2.24, 2.45) is 0 Å². The van der Waals surface area contributed by atoms with Crippen LogP contribution < -0.4 is 5.73 Å². The van der Waals surface area contributed by atoms with E-state index in [1.54, 1.807) is 17.8 Å². The number of nitrogens with zero attached hydrogens (tertiary/aromatic N) is 1. The summed E-state index contributed by atoms with van der Waals surface area (Å²) in [7, 11) is 0. The van der Waals surface area contributed by atoms with Crippen molar-refractivity contribution in [2.45, 2.75) is 17.6 Å². The van der Waals surface area contributed by atoms with Crippen molar-refractivity contribution in [3.63, 3.8) is 0 Å². The number of pyridine rings is 1. The van der Waals surface area contributed by atoms with Crippen LogP contribution in [0, 0.1) is 6.92 Å². The molecule has 0 atom stereocenters. The van der Waals surface area contributed by atoms with Crippen LogP contribution in [-0.4, -0.2) is 16.1 Å². The van der Waals surface area contributed by atoms with Gasteiger partial charge in [0.2, 0.25) is 0 Å². The van der Waals surface area contributed by atoms with Crippen LogP contribution in [0.1, 0.15) is 21.7 Å². The molecule has 0 spiro atoms. The molecule has 5 heteroatoms. The molecule has 0 aliphatic heterocycles. The lowest BCUT2D eigenvalue weighted by molar-refractivity contribution is 0.0690. The van der Waals surface area contributed by atoms with Crippen LogP contribution in [0.3, 0.4) is 0 Å². The van der Waals surface area contributed by atoms with E-state index in [0.29, 0.717) is 5.75 Å². The number of aryl methyl sites for hydroxylation is 1. The third-order valence-corrected chi connectivity index (χ3v) is 3.68. The van der Waals surface area contributed by atoms with E-state index in [1.807, 2.05) is 31.2 Å². The Bertz CT molecular complexity index is 614. The number of anilines is 1. The summed E-state index contributed by atoms with van der Waals surface area (Å²) in [5.41, 5.74) is 8.56. The number of thioether (sulfide) groups is 1. The molecule has 19 heavy (non-hydrogen) atoms. The fraction of sp³-hybridized carbons (Fsp3) is 0.143. The Hall–Kier alpha value is -2.01. The highest BCUT2D eigenvalue weighted by Gasteiger charge is 2.06. The topological polar surface area (TPSA) is 76.2 Å². The first-order valence-electron chi connectivity index (χ1n) is 5.74. The van der Waals surface area contributed by atoms with Crippen molar-refractivity contribution < 1.29 is 9.90 Å². The predicted octanol–water partition coefficient (Wildman–Crippen LogP) is 2.96. The van der Waals surface area contributed by atoms with E-state index in [-0.39, 0.29) is 5.69 Å². The van der Waals surface area contributed by atoms with Crippen LogP contribution in [0.4, 0.5) is 5.69 Å². The fourth-order valence-corrected chi connectivity index (χ4v) is 2.57. The second kappa shape index (κ2) is 5.75. The van der Waals surface area contributed by atoms with Crippen LogP contribution in [0.15, 0.2) is 41.3 Å². The molecule has 1 aromatic heterocycles. The van der Waals surface area contributed by atoms with Crippen molar-refractivity contribution in [1.29, 1.82) is 0 Å². The third-order valence-electron chi connectivity index (χ3n) is 2.57. The number of hydrogen-bond acceptors (Lipinski definition) is 4. The number of carbonyl (C=O) groups is 1. The van der Waals surface area contributed by atoms with Crippen LogP contribution in [0.2, 0.25) is 0 Å². The largest absolute Gasteiger partial charge is 0.477 e. The van der Waals surface area contributed by atoms with Gasteiger partial charge in [-0.2, -0.15) is 0 Å². The number of aromatic carboxylic acids is 1. The molecule has 0 amide bonds. The molecule has 0 aliphatic rings. The molecule has 4 nitrogen and oxygen atoms in total. The summed E-state index contributed by atoms with van der Waals surface area (Å²) in [6, 6.07) is 10.8. The molecule has 0 saturated carbocycles. The molecule has 0 saturated heterocycles. The van der Waals surface area contributed by atoms with Gasteiger partial charge in [-0.25, -0.2) is 9.78 Å².